The van der Waals surface area contributed by atoms with Crippen LogP contribution in [-0.4, -0.2) is 35.2 Å². The van der Waals surface area contributed by atoms with E-state index in [4.69, 9.17) is 10.5 Å². The van der Waals surface area contributed by atoms with Crippen molar-refractivity contribution in [3.8, 4) is 0 Å². The second-order valence-corrected chi connectivity index (χ2v) is 6.23. The average molecular weight is 228 g/mol. The summed E-state index contributed by atoms with van der Waals surface area (Å²) in [4.78, 5) is 13.6. The maximum Gasteiger partial charge on any atom is 0.410 e. The molecule has 1 heterocycles. The summed E-state index contributed by atoms with van der Waals surface area (Å²) >= 11 is 0. The van der Waals surface area contributed by atoms with Crippen LogP contribution in [0.2, 0.25) is 0 Å². The summed E-state index contributed by atoms with van der Waals surface area (Å²) in [6.07, 6.45) is 0.738. The van der Waals surface area contributed by atoms with Crippen LogP contribution >= 0.6 is 0 Å². The molecule has 1 aliphatic rings. The van der Waals surface area contributed by atoms with Gasteiger partial charge in [-0.1, -0.05) is 0 Å². The number of hydrogen-bond donors (Lipinski definition) is 1. The molecular formula is C12H24N2O2. The third kappa shape index (κ3) is 3.67. The normalized spacial score (nSPS) is 22.4. The summed E-state index contributed by atoms with van der Waals surface area (Å²) in [5.74, 6) is 0.361. The van der Waals surface area contributed by atoms with Crippen molar-refractivity contribution in [1.82, 2.24) is 4.90 Å². The van der Waals surface area contributed by atoms with E-state index in [1.165, 1.54) is 0 Å². The Hall–Kier alpha value is -0.770. The molecule has 0 spiro atoms. The Morgan fingerprint density at radius 2 is 1.88 bits per heavy atom. The SMILES string of the molecule is CC(C)(C)OC(=O)N1CC[C@H](C(C)(C)N)C1. The lowest BCUT2D eigenvalue weighted by atomic mass is 9.88. The molecule has 16 heavy (non-hydrogen) atoms. The van der Waals surface area contributed by atoms with Gasteiger partial charge in [-0.05, 0) is 47.0 Å². The molecule has 0 bridgehead atoms. The van der Waals surface area contributed by atoms with Crippen LogP contribution in [0, 0.1) is 5.92 Å². The van der Waals surface area contributed by atoms with Crippen molar-refractivity contribution >= 4 is 6.09 Å². The smallest absolute Gasteiger partial charge is 0.410 e. The Kier molecular flexibility index (Phi) is 3.53. The van der Waals surface area contributed by atoms with E-state index in [0.717, 1.165) is 13.0 Å². The van der Waals surface area contributed by atoms with E-state index in [-0.39, 0.29) is 11.6 Å². The number of nitrogens with zero attached hydrogens (tertiary/aromatic N) is 1. The number of carbonyl (C=O) groups is 1. The van der Waals surface area contributed by atoms with Crippen molar-refractivity contribution in [1.29, 1.82) is 0 Å². The molecule has 0 saturated carbocycles. The molecule has 0 radical (unpaired) electrons. The summed E-state index contributed by atoms with van der Waals surface area (Å²) in [5, 5.41) is 0. The van der Waals surface area contributed by atoms with Gasteiger partial charge in [0.05, 0.1) is 0 Å². The van der Waals surface area contributed by atoms with Gasteiger partial charge in [0.1, 0.15) is 5.60 Å². The van der Waals surface area contributed by atoms with Crippen molar-refractivity contribution in [2.75, 3.05) is 13.1 Å². The van der Waals surface area contributed by atoms with E-state index in [2.05, 4.69) is 0 Å². The van der Waals surface area contributed by atoms with Crippen LogP contribution in [0.15, 0.2) is 0 Å². The lowest BCUT2D eigenvalue weighted by molar-refractivity contribution is 0.0283. The Bertz CT molecular complexity index is 263. The molecule has 0 aromatic rings. The molecule has 94 valence electrons. The molecule has 2 N–H and O–H groups in total. The van der Waals surface area contributed by atoms with Crippen LogP contribution in [0.3, 0.4) is 0 Å². The molecule has 1 atom stereocenters. The van der Waals surface area contributed by atoms with Gasteiger partial charge in [0, 0.05) is 18.6 Å². The number of nitrogens with two attached hydrogens (primary N) is 1. The molecule has 4 nitrogen and oxygen atoms in total. The van der Waals surface area contributed by atoms with Crippen molar-refractivity contribution in [2.24, 2.45) is 11.7 Å². The number of amides is 1. The third-order valence-corrected chi connectivity index (χ3v) is 2.89. The largest absolute Gasteiger partial charge is 0.444 e. The van der Waals surface area contributed by atoms with Crippen LogP contribution in [-0.2, 0) is 4.74 Å². The van der Waals surface area contributed by atoms with Crippen molar-refractivity contribution in [3.05, 3.63) is 0 Å². The summed E-state index contributed by atoms with van der Waals surface area (Å²) in [7, 11) is 0. The van der Waals surface area contributed by atoms with Gasteiger partial charge in [-0.3, -0.25) is 0 Å². The van der Waals surface area contributed by atoms with Gasteiger partial charge in [-0.25, -0.2) is 4.79 Å². The maximum absolute atomic E-state index is 11.8. The van der Waals surface area contributed by atoms with Gasteiger partial charge >= 0.3 is 6.09 Å². The lowest BCUT2D eigenvalue weighted by Gasteiger charge is -2.28. The average Bonchev–Trinajstić information content (AvgIpc) is 2.46. The van der Waals surface area contributed by atoms with Gasteiger partial charge in [0.25, 0.3) is 0 Å². The second-order valence-electron chi connectivity index (χ2n) is 6.23. The number of rotatable bonds is 1. The van der Waals surface area contributed by atoms with E-state index < -0.39 is 5.60 Å². The van der Waals surface area contributed by atoms with Gasteiger partial charge in [0.15, 0.2) is 0 Å². The zero-order chi connectivity index (χ0) is 12.6. The standard InChI is InChI=1S/C12H24N2O2/c1-11(2,3)16-10(15)14-7-6-9(8-14)12(4,5)13/h9H,6-8,13H2,1-5H3/t9-/m0/s1. The first-order valence-corrected chi connectivity index (χ1v) is 5.86. The van der Waals surface area contributed by atoms with Gasteiger partial charge in [0.2, 0.25) is 0 Å². The van der Waals surface area contributed by atoms with Gasteiger partial charge < -0.3 is 15.4 Å². The molecule has 1 fully saturated rings. The van der Waals surface area contributed by atoms with Crippen LogP contribution < -0.4 is 5.73 Å². The van der Waals surface area contributed by atoms with Crippen molar-refractivity contribution < 1.29 is 9.53 Å². The number of ether oxygens (including phenoxy) is 1. The third-order valence-electron chi connectivity index (χ3n) is 2.89. The molecule has 0 unspecified atom stereocenters. The molecule has 0 aromatic carbocycles. The first kappa shape index (κ1) is 13.3. The molecule has 1 saturated heterocycles. The Morgan fingerprint density at radius 1 is 1.31 bits per heavy atom. The van der Waals surface area contributed by atoms with E-state index in [1.54, 1.807) is 4.90 Å². The van der Waals surface area contributed by atoms with Crippen LogP contribution in [0.1, 0.15) is 41.0 Å². The number of likely N-dealkylation sites (tertiary alicyclic amines) is 1. The quantitative estimate of drug-likeness (QED) is 0.746. The van der Waals surface area contributed by atoms with Gasteiger partial charge in [-0.15, -0.1) is 0 Å². The lowest BCUT2D eigenvalue weighted by Crippen LogP contribution is -2.43. The van der Waals surface area contributed by atoms with Crippen LogP contribution in [0.25, 0.3) is 0 Å². The van der Waals surface area contributed by atoms with Gasteiger partial charge in [-0.2, -0.15) is 0 Å². The highest BCUT2D eigenvalue weighted by molar-refractivity contribution is 5.68. The fraction of sp³-hybridized carbons (Fsp3) is 0.917. The molecule has 4 heteroatoms. The Morgan fingerprint density at radius 3 is 2.25 bits per heavy atom. The number of hydrogen-bond acceptors (Lipinski definition) is 3. The summed E-state index contributed by atoms with van der Waals surface area (Å²) in [6.45, 7) is 11.1. The topological polar surface area (TPSA) is 55.6 Å². The van der Waals surface area contributed by atoms with Crippen LogP contribution in [0.4, 0.5) is 4.79 Å². The minimum Gasteiger partial charge on any atom is -0.444 e. The van der Waals surface area contributed by atoms with E-state index in [9.17, 15) is 4.79 Å². The Labute approximate surface area is 98.1 Å². The molecule has 1 rings (SSSR count). The molecule has 1 aliphatic heterocycles. The predicted molar refractivity (Wildman–Crippen MR) is 64.2 cm³/mol. The highest BCUT2D eigenvalue weighted by atomic mass is 16.6. The van der Waals surface area contributed by atoms with Crippen LogP contribution in [0.5, 0.6) is 0 Å². The molecule has 0 aromatic heterocycles. The summed E-state index contributed by atoms with van der Waals surface area (Å²) in [5.41, 5.74) is 5.40. The summed E-state index contributed by atoms with van der Waals surface area (Å²) in [6, 6.07) is 0. The fourth-order valence-corrected chi connectivity index (χ4v) is 1.86. The highest BCUT2D eigenvalue weighted by Gasteiger charge is 2.35. The summed E-state index contributed by atoms with van der Waals surface area (Å²) < 4.78 is 5.33. The minimum atomic E-state index is -0.423. The van der Waals surface area contributed by atoms with E-state index >= 15 is 0 Å². The zero-order valence-corrected chi connectivity index (χ0v) is 11.0. The van der Waals surface area contributed by atoms with E-state index in [0.29, 0.717) is 12.5 Å². The highest BCUT2D eigenvalue weighted by Crippen LogP contribution is 2.26. The molecular weight excluding hydrogens is 204 g/mol. The van der Waals surface area contributed by atoms with Crippen molar-refractivity contribution in [3.63, 3.8) is 0 Å². The number of carbonyl (C=O) groups excluding carboxylic acids is 1. The predicted octanol–water partition coefficient (Wildman–Crippen LogP) is 1.98. The second kappa shape index (κ2) is 4.24. The zero-order valence-electron chi connectivity index (χ0n) is 11.0. The minimum absolute atomic E-state index is 0.223. The van der Waals surface area contributed by atoms with Crippen molar-refractivity contribution in [2.45, 2.75) is 52.2 Å². The first-order valence-electron chi connectivity index (χ1n) is 5.86. The fourth-order valence-electron chi connectivity index (χ4n) is 1.86. The molecule has 0 aliphatic carbocycles. The van der Waals surface area contributed by atoms with E-state index in [1.807, 2.05) is 34.6 Å². The first-order chi connectivity index (χ1) is 7.09. The molecule has 1 amide bonds. The monoisotopic (exact) mass is 228 g/mol. The Balaban J connectivity index is 2.51. The maximum atomic E-state index is 11.8.